The highest BCUT2D eigenvalue weighted by Crippen LogP contribution is 2.46. The van der Waals surface area contributed by atoms with Gasteiger partial charge in [-0.1, -0.05) is 47.6 Å². The summed E-state index contributed by atoms with van der Waals surface area (Å²) in [6.07, 6.45) is -0.917. The topological polar surface area (TPSA) is 70.7 Å². The molecule has 1 fully saturated rings. The summed E-state index contributed by atoms with van der Waals surface area (Å²) in [5.41, 5.74) is -1.17. The number of benzene rings is 2. The maximum Gasteiger partial charge on any atom is 0.435 e. The van der Waals surface area contributed by atoms with E-state index in [-0.39, 0.29) is 16.9 Å². The van der Waals surface area contributed by atoms with Gasteiger partial charge in [0, 0.05) is 6.07 Å². The molecule has 0 radical (unpaired) electrons. The third-order valence-electron chi connectivity index (χ3n) is 5.65. The second-order valence-electron chi connectivity index (χ2n) is 8.32. The van der Waals surface area contributed by atoms with Crippen LogP contribution in [0.2, 0.25) is 0 Å². The van der Waals surface area contributed by atoms with Crippen LogP contribution in [-0.4, -0.2) is 15.7 Å². The SMILES string of the molecule is N#Cc1cccc(-n2nc(C(F)(F)F)cc2C(=O)Nc2cc(C(Cl)(I)CCC3CC3)ccc2F)c1. The minimum absolute atomic E-state index is 0.0750. The lowest BCUT2D eigenvalue weighted by Crippen LogP contribution is -2.18. The van der Waals surface area contributed by atoms with Crippen LogP contribution in [-0.2, 0) is 9.06 Å². The zero-order valence-electron chi connectivity index (χ0n) is 18.0. The number of nitrogens with one attached hydrogen (secondary N) is 1. The molecule has 1 unspecified atom stereocenters. The van der Waals surface area contributed by atoms with Gasteiger partial charge in [0.2, 0.25) is 0 Å². The Morgan fingerprint density at radius 1 is 1.23 bits per heavy atom. The lowest BCUT2D eigenvalue weighted by molar-refractivity contribution is -0.141. The molecule has 35 heavy (non-hydrogen) atoms. The van der Waals surface area contributed by atoms with Crippen LogP contribution in [0.1, 0.15) is 53.0 Å². The maximum atomic E-state index is 14.6. The maximum absolute atomic E-state index is 14.6. The highest BCUT2D eigenvalue weighted by molar-refractivity contribution is 14.1. The van der Waals surface area contributed by atoms with Crippen LogP contribution in [0, 0.1) is 23.1 Å². The van der Waals surface area contributed by atoms with Crippen LogP contribution >= 0.6 is 34.2 Å². The van der Waals surface area contributed by atoms with Gasteiger partial charge in [0.15, 0.2) is 5.69 Å². The Hall–Kier alpha value is -2.65. The molecule has 5 nitrogen and oxygen atoms in total. The highest BCUT2D eigenvalue weighted by atomic mass is 127. The molecule has 0 saturated heterocycles. The van der Waals surface area contributed by atoms with Crippen LogP contribution in [0.15, 0.2) is 48.5 Å². The van der Waals surface area contributed by atoms with Gasteiger partial charge in [-0.15, -0.1) is 11.6 Å². The lowest BCUT2D eigenvalue weighted by atomic mass is 10.0. The van der Waals surface area contributed by atoms with E-state index in [1.54, 1.807) is 0 Å². The first kappa shape index (κ1) is 25.4. The number of carbonyl (C=O) groups is 1. The first-order valence-electron chi connectivity index (χ1n) is 10.6. The van der Waals surface area contributed by atoms with E-state index in [1.165, 1.54) is 49.2 Å². The molecule has 182 valence electrons. The zero-order valence-corrected chi connectivity index (χ0v) is 21.0. The van der Waals surface area contributed by atoms with Gasteiger partial charge in [0.05, 0.1) is 23.0 Å². The number of hydrogen-bond donors (Lipinski definition) is 1. The quantitative estimate of drug-likeness (QED) is 0.174. The number of nitriles is 1. The first-order chi connectivity index (χ1) is 16.5. The number of rotatable bonds is 7. The van der Waals surface area contributed by atoms with Gasteiger partial charge in [-0.3, -0.25) is 4.79 Å². The number of aromatic nitrogens is 2. The van der Waals surface area contributed by atoms with E-state index in [2.05, 4.69) is 33.0 Å². The summed E-state index contributed by atoms with van der Waals surface area (Å²) in [5.74, 6) is -1.12. The molecule has 3 aromatic rings. The number of anilines is 1. The smallest absolute Gasteiger partial charge is 0.318 e. The van der Waals surface area contributed by atoms with Crippen molar-refractivity contribution in [3.63, 3.8) is 0 Å². The largest absolute Gasteiger partial charge is 0.435 e. The van der Waals surface area contributed by atoms with E-state index in [4.69, 9.17) is 16.9 Å². The normalized spacial score (nSPS) is 15.3. The number of nitrogens with zero attached hydrogens (tertiary/aromatic N) is 3. The van der Waals surface area contributed by atoms with Crippen molar-refractivity contribution >= 4 is 45.8 Å². The van der Waals surface area contributed by atoms with E-state index in [0.29, 0.717) is 24.0 Å². The second kappa shape index (κ2) is 9.78. The molecule has 4 rings (SSSR count). The predicted molar refractivity (Wildman–Crippen MR) is 131 cm³/mol. The standard InChI is InChI=1S/C24H18ClF4IN4O/c25-23(30,9-8-14-4-5-14)16-6-7-18(26)19(11-16)32-22(35)20-12-21(24(27,28)29)33-34(20)17-3-1-2-15(10-17)13-31/h1-3,6-7,10-12,14H,4-5,8-9H2,(H,32,35). The Bertz CT molecular complexity index is 1310. The molecule has 1 N–H and O–H groups in total. The third kappa shape index (κ3) is 5.95. The van der Waals surface area contributed by atoms with Crippen LogP contribution in [0.3, 0.4) is 0 Å². The Morgan fingerprint density at radius 2 is 1.97 bits per heavy atom. The molecule has 1 atom stereocenters. The molecular weight excluding hydrogens is 599 g/mol. The van der Waals surface area contributed by atoms with E-state index in [1.807, 2.05) is 6.07 Å². The van der Waals surface area contributed by atoms with E-state index >= 15 is 0 Å². The van der Waals surface area contributed by atoms with Crippen molar-refractivity contribution in [1.29, 1.82) is 5.26 Å². The number of halogens is 6. The molecule has 1 saturated carbocycles. The van der Waals surface area contributed by atoms with Gasteiger partial charge in [0.1, 0.15) is 14.4 Å². The van der Waals surface area contributed by atoms with Gasteiger partial charge < -0.3 is 5.32 Å². The molecule has 11 heteroatoms. The fourth-order valence-corrected chi connectivity index (χ4v) is 4.43. The molecular formula is C24H18ClF4IN4O. The van der Waals surface area contributed by atoms with Crippen molar-refractivity contribution in [2.24, 2.45) is 5.92 Å². The molecule has 0 spiro atoms. The summed E-state index contributed by atoms with van der Waals surface area (Å²) in [7, 11) is 0. The predicted octanol–water partition coefficient (Wildman–Crippen LogP) is 7.17. The van der Waals surface area contributed by atoms with Crippen molar-refractivity contribution < 1.29 is 22.4 Å². The molecule has 0 aliphatic heterocycles. The highest BCUT2D eigenvalue weighted by Gasteiger charge is 2.36. The van der Waals surface area contributed by atoms with Crippen molar-refractivity contribution in [2.75, 3.05) is 5.32 Å². The number of alkyl halides is 5. The summed E-state index contributed by atoms with van der Waals surface area (Å²) in [4.78, 5) is 13.0. The minimum Gasteiger partial charge on any atom is -0.318 e. The Morgan fingerprint density at radius 3 is 2.63 bits per heavy atom. The molecule has 1 aliphatic carbocycles. The monoisotopic (exact) mass is 616 g/mol. The number of hydrogen-bond acceptors (Lipinski definition) is 3. The van der Waals surface area contributed by atoms with Crippen molar-refractivity contribution in [3.8, 4) is 11.8 Å². The fourth-order valence-electron chi connectivity index (χ4n) is 3.56. The van der Waals surface area contributed by atoms with E-state index in [0.717, 1.165) is 17.2 Å². The Labute approximate surface area is 217 Å². The Balaban J connectivity index is 1.67. The van der Waals surface area contributed by atoms with Crippen molar-refractivity contribution in [2.45, 2.75) is 34.7 Å². The van der Waals surface area contributed by atoms with Gasteiger partial charge in [0.25, 0.3) is 5.91 Å². The average molecular weight is 617 g/mol. The third-order valence-corrected chi connectivity index (χ3v) is 7.22. The van der Waals surface area contributed by atoms with Crippen molar-refractivity contribution in [1.82, 2.24) is 9.78 Å². The van der Waals surface area contributed by atoms with Crippen LogP contribution < -0.4 is 5.32 Å². The first-order valence-corrected chi connectivity index (χ1v) is 12.1. The van der Waals surface area contributed by atoms with E-state index in [9.17, 15) is 22.4 Å². The molecule has 1 heterocycles. The number of carbonyl (C=O) groups excluding carboxylic acids is 1. The molecule has 0 bridgehead atoms. The molecule has 1 amide bonds. The van der Waals surface area contributed by atoms with Gasteiger partial charge in [-0.05, 0) is 54.7 Å². The second-order valence-corrected chi connectivity index (χ2v) is 11.4. The molecule has 1 aromatic heterocycles. The minimum atomic E-state index is -4.82. The summed E-state index contributed by atoms with van der Waals surface area (Å²) in [6.45, 7) is 0. The molecule has 1 aliphatic rings. The van der Waals surface area contributed by atoms with Gasteiger partial charge >= 0.3 is 6.18 Å². The van der Waals surface area contributed by atoms with Gasteiger partial charge in [-0.25, -0.2) is 9.07 Å². The molecule has 2 aromatic carbocycles. The summed E-state index contributed by atoms with van der Waals surface area (Å²) in [6, 6.07) is 12.2. The average Bonchev–Trinajstić information content (AvgIpc) is 3.53. The van der Waals surface area contributed by atoms with E-state index < -0.39 is 32.2 Å². The summed E-state index contributed by atoms with van der Waals surface area (Å²) in [5, 5.41) is 15.0. The Kier molecular flexibility index (Phi) is 7.11. The van der Waals surface area contributed by atoms with Crippen LogP contribution in [0.4, 0.5) is 23.2 Å². The summed E-state index contributed by atoms with van der Waals surface area (Å²) >= 11 is 8.76. The van der Waals surface area contributed by atoms with Gasteiger partial charge in [-0.2, -0.15) is 23.5 Å². The lowest BCUT2D eigenvalue weighted by Gasteiger charge is -2.21. The summed E-state index contributed by atoms with van der Waals surface area (Å²) < 4.78 is 54.7. The fraction of sp³-hybridized carbons (Fsp3) is 0.292. The zero-order chi connectivity index (χ0) is 25.4. The van der Waals surface area contributed by atoms with Crippen LogP contribution in [0.5, 0.6) is 0 Å². The van der Waals surface area contributed by atoms with Crippen molar-refractivity contribution in [3.05, 3.63) is 76.9 Å². The van der Waals surface area contributed by atoms with Crippen LogP contribution in [0.25, 0.3) is 5.69 Å². The number of amides is 1.